The zero-order valence-corrected chi connectivity index (χ0v) is 21.6. The number of nitro groups is 1. The first-order valence-electron chi connectivity index (χ1n) is 12.3. The predicted octanol–water partition coefficient (Wildman–Crippen LogP) is 5.56. The molecular weight excluding hydrogens is 514 g/mol. The Kier molecular flexibility index (Phi) is 6.47. The Morgan fingerprint density at radius 2 is 1.79 bits per heavy atom. The second-order valence-electron chi connectivity index (χ2n) is 9.03. The van der Waals surface area contributed by atoms with Crippen LogP contribution in [-0.4, -0.2) is 46.0 Å². The highest BCUT2D eigenvalue weighted by molar-refractivity contribution is 7.13. The number of rotatable bonds is 6. The summed E-state index contributed by atoms with van der Waals surface area (Å²) >= 11 is 1.52. The third-order valence-electron chi connectivity index (χ3n) is 6.71. The fourth-order valence-electron chi connectivity index (χ4n) is 4.82. The van der Waals surface area contributed by atoms with Crippen molar-refractivity contribution in [2.45, 2.75) is 0 Å². The smallest absolute Gasteiger partial charge is 0.295 e. The molecule has 0 atom stereocenters. The van der Waals surface area contributed by atoms with Crippen LogP contribution < -0.4 is 10.5 Å². The summed E-state index contributed by atoms with van der Waals surface area (Å²) in [6.45, 7) is 6.35. The van der Waals surface area contributed by atoms with Gasteiger partial charge in [-0.1, -0.05) is 30.9 Å². The quantitative estimate of drug-likeness (QED) is 0.206. The van der Waals surface area contributed by atoms with E-state index in [9.17, 15) is 14.9 Å². The van der Waals surface area contributed by atoms with E-state index in [1.54, 1.807) is 36.5 Å². The summed E-state index contributed by atoms with van der Waals surface area (Å²) in [7, 11) is 0. The van der Waals surface area contributed by atoms with Crippen molar-refractivity contribution in [1.82, 2.24) is 14.8 Å². The van der Waals surface area contributed by atoms with Gasteiger partial charge in [0.1, 0.15) is 10.7 Å². The van der Waals surface area contributed by atoms with Gasteiger partial charge in [0, 0.05) is 52.9 Å². The summed E-state index contributed by atoms with van der Waals surface area (Å²) in [5, 5.41) is 20.7. The molecule has 0 aliphatic carbocycles. The van der Waals surface area contributed by atoms with Crippen molar-refractivity contribution in [1.29, 1.82) is 0 Å². The van der Waals surface area contributed by atoms with Crippen molar-refractivity contribution >= 4 is 39.6 Å². The maximum atomic E-state index is 13.8. The number of anilines is 1. The third kappa shape index (κ3) is 4.60. The van der Waals surface area contributed by atoms with Gasteiger partial charge in [0.05, 0.1) is 29.2 Å². The molecule has 0 amide bonds. The number of ether oxygens (including phenoxy) is 1. The highest BCUT2D eigenvalue weighted by atomic mass is 32.1. The molecule has 1 aliphatic heterocycles. The van der Waals surface area contributed by atoms with E-state index in [1.165, 1.54) is 17.4 Å². The van der Waals surface area contributed by atoms with Crippen molar-refractivity contribution in [3.63, 3.8) is 0 Å². The zero-order valence-electron chi connectivity index (χ0n) is 20.8. The van der Waals surface area contributed by atoms with Gasteiger partial charge in [-0.25, -0.2) is 4.98 Å². The monoisotopic (exact) mass is 537 g/mol. The van der Waals surface area contributed by atoms with E-state index in [0.717, 1.165) is 32.1 Å². The Hall–Kier alpha value is -4.67. The fourth-order valence-corrected chi connectivity index (χ4v) is 5.44. The first-order chi connectivity index (χ1) is 19.0. The molecule has 6 rings (SSSR count). The SMILES string of the molecule is C=Cc1cc(-c2nccs2)cc(-c2nn(-c3cc(N4CCOCC4)ccc3[N+](=O)[O-])c(=O)c3ccccc23)c1. The average molecular weight is 538 g/mol. The van der Waals surface area contributed by atoms with Gasteiger partial charge in [-0.2, -0.15) is 9.78 Å². The van der Waals surface area contributed by atoms with E-state index in [2.05, 4.69) is 16.5 Å². The molecule has 2 aromatic heterocycles. The Labute approximate surface area is 227 Å². The Bertz CT molecular complexity index is 1780. The molecule has 0 saturated carbocycles. The molecule has 3 heterocycles. The highest BCUT2D eigenvalue weighted by Crippen LogP contribution is 2.33. The second-order valence-corrected chi connectivity index (χ2v) is 9.92. The van der Waals surface area contributed by atoms with Crippen LogP contribution in [0.4, 0.5) is 11.4 Å². The first-order valence-corrected chi connectivity index (χ1v) is 13.2. The van der Waals surface area contributed by atoms with E-state index in [0.29, 0.717) is 42.8 Å². The lowest BCUT2D eigenvalue weighted by molar-refractivity contribution is -0.384. The summed E-state index contributed by atoms with van der Waals surface area (Å²) in [6, 6.07) is 17.9. The molecule has 0 radical (unpaired) electrons. The van der Waals surface area contributed by atoms with Gasteiger partial charge in [-0.3, -0.25) is 14.9 Å². The summed E-state index contributed by atoms with van der Waals surface area (Å²) in [5.74, 6) is 0. The summed E-state index contributed by atoms with van der Waals surface area (Å²) in [4.78, 5) is 31.9. The lowest BCUT2D eigenvalue weighted by Gasteiger charge is -2.29. The van der Waals surface area contributed by atoms with Gasteiger partial charge >= 0.3 is 0 Å². The number of fused-ring (bicyclic) bond motifs is 1. The number of nitrogens with zero attached hydrogens (tertiary/aromatic N) is 5. The first kappa shape index (κ1) is 24.7. The van der Waals surface area contributed by atoms with Gasteiger partial charge in [-0.15, -0.1) is 11.3 Å². The van der Waals surface area contributed by atoms with E-state index in [4.69, 9.17) is 9.84 Å². The standard InChI is InChI=1S/C29H23N5O4S/c1-2-19-15-20(17-21(16-19)28-30-9-14-39-28)27-23-5-3-4-6-24(23)29(35)33(31-27)26-18-22(7-8-25(26)34(36)37)32-10-12-38-13-11-32/h2-9,14-18H,1,10-13H2. The van der Waals surface area contributed by atoms with Crippen molar-refractivity contribution in [3.8, 4) is 27.5 Å². The second kappa shape index (κ2) is 10.2. The molecule has 39 heavy (non-hydrogen) atoms. The van der Waals surface area contributed by atoms with Crippen LogP contribution in [0.25, 0.3) is 44.4 Å². The average Bonchev–Trinajstić information content (AvgIpc) is 3.53. The molecule has 0 N–H and O–H groups in total. The van der Waals surface area contributed by atoms with Gasteiger partial charge in [0.2, 0.25) is 0 Å². The maximum absolute atomic E-state index is 13.8. The van der Waals surface area contributed by atoms with E-state index < -0.39 is 10.5 Å². The zero-order chi connectivity index (χ0) is 26.9. The number of morpholine rings is 1. The number of aromatic nitrogens is 3. The van der Waals surface area contributed by atoms with E-state index in [-0.39, 0.29) is 11.4 Å². The molecular formula is C29H23N5O4S. The normalized spacial score (nSPS) is 13.5. The third-order valence-corrected chi connectivity index (χ3v) is 7.53. The minimum absolute atomic E-state index is 0.112. The minimum Gasteiger partial charge on any atom is -0.378 e. The van der Waals surface area contributed by atoms with Gasteiger partial charge < -0.3 is 9.64 Å². The highest BCUT2D eigenvalue weighted by Gasteiger charge is 2.23. The maximum Gasteiger partial charge on any atom is 0.295 e. The van der Waals surface area contributed by atoms with Crippen molar-refractivity contribution in [3.05, 3.63) is 105 Å². The van der Waals surface area contributed by atoms with Gasteiger partial charge in [0.25, 0.3) is 11.2 Å². The predicted molar refractivity (Wildman–Crippen MR) is 154 cm³/mol. The molecule has 10 heteroatoms. The van der Waals surface area contributed by atoms with Crippen LogP contribution in [0, 0.1) is 10.1 Å². The summed E-state index contributed by atoms with van der Waals surface area (Å²) < 4.78 is 6.61. The number of hydrogen-bond donors (Lipinski definition) is 0. The van der Waals surface area contributed by atoms with Crippen LogP contribution in [0.5, 0.6) is 0 Å². The fraction of sp³-hybridized carbons (Fsp3) is 0.138. The van der Waals surface area contributed by atoms with Crippen LogP contribution in [0.2, 0.25) is 0 Å². The summed E-state index contributed by atoms with van der Waals surface area (Å²) in [6.07, 6.45) is 3.49. The lowest BCUT2D eigenvalue weighted by Crippen LogP contribution is -2.36. The molecule has 3 aromatic carbocycles. The van der Waals surface area contributed by atoms with Crippen LogP contribution in [0.15, 0.2) is 83.6 Å². The number of nitro benzene ring substituents is 1. The number of benzene rings is 3. The van der Waals surface area contributed by atoms with Crippen molar-refractivity contribution in [2.75, 3.05) is 31.2 Å². The Morgan fingerprint density at radius 1 is 1.03 bits per heavy atom. The van der Waals surface area contributed by atoms with Crippen LogP contribution >= 0.6 is 11.3 Å². The number of hydrogen-bond acceptors (Lipinski definition) is 8. The largest absolute Gasteiger partial charge is 0.378 e. The van der Waals surface area contributed by atoms with Crippen LogP contribution in [0.1, 0.15) is 5.56 Å². The Balaban J connectivity index is 1.62. The lowest BCUT2D eigenvalue weighted by atomic mass is 10.00. The topological polar surface area (TPSA) is 103 Å². The molecule has 1 fully saturated rings. The summed E-state index contributed by atoms with van der Waals surface area (Å²) in [5.41, 5.74) is 3.26. The van der Waals surface area contributed by atoms with Crippen molar-refractivity contribution < 1.29 is 9.66 Å². The molecule has 0 spiro atoms. The molecule has 5 aromatic rings. The molecule has 0 bridgehead atoms. The minimum atomic E-state index is -0.486. The molecule has 1 saturated heterocycles. The molecule has 9 nitrogen and oxygen atoms in total. The van der Waals surface area contributed by atoms with E-state index in [1.807, 2.05) is 35.7 Å². The number of thiazole rings is 1. The van der Waals surface area contributed by atoms with Gasteiger partial charge in [0.15, 0.2) is 0 Å². The van der Waals surface area contributed by atoms with Crippen LogP contribution in [-0.2, 0) is 4.74 Å². The van der Waals surface area contributed by atoms with Gasteiger partial charge in [-0.05, 0) is 42.0 Å². The molecule has 0 unspecified atom stereocenters. The van der Waals surface area contributed by atoms with Crippen LogP contribution in [0.3, 0.4) is 0 Å². The molecule has 1 aliphatic rings. The van der Waals surface area contributed by atoms with Crippen molar-refractivity contribution in [2.24, 2.45) is 0 Å². The Morgan fingerprint density at radius 3 is 2.51 bits per heavy atom. The van der Waals surface area contributed by atoms with E-state index >= 15 is 0 Å². The molecule has 194 valence electrons.